The first kappa shape index (κ1) is 14.5. The summed E-state index contributed by atoms with van der Waals surface area (Å²) in [4.78, 5) is 35.6. The highest BCUT2D eigenvalue weighted by molar-refractivity contribution is 5.89. The largest absolute Gasteiger partial charge is 0.481 e. The van der Waals surface area contributed by atoms with Crippen molar-refractivity contribution < 1.29 is 19.5 Å². The van der Waals surface area contributed by atoms with Gasteiger partial charge in [0.05, 0.1) is 6.42 Å². The fourth-order valence-corrected chi connectivity index (χ4v) is 2.16. The first-order valence-corrected chi connectivity index (χ1v) is 6.22. The van der Waals surface area contributed by atoms with Gasteiger partial charge in [-0.3, -0.25) is 14.4 Å². The van der Waals surface area contributed by atoms with Crippen LogP contribution < -0.4 is 5.32 Å². The fourth-order valence-electron chi connectivity index (χ4n) is 2.16. The number of carboxylic acid groups (broad SMARTS) is 1. The maximum atomic E-state index is 12.0. The Labute approximate surface area is 106 Å². The third-order valence-electron chi connectivity index (χ3n) is 2.98. The molecule has 2 amide bonds. The Bertz CT molecular complexity index is 341. The lowest BCUT2D eigenvalue weighted by Crippen LogP contribution is -2.50. The number of carbonyl (C=O) groups excluding carboxylic acids is 2. The van der Waals surface area contributed by atoms with Gasteiger partial charge in [0.15, 0.2) is 0 Å². The minimum absolute atomic E-state index is 0.00193. The molecular weight excluding hydrogens is 236 g/mol. The van der Waals surface area contributed by atoms with Crippen molar-refractivity contribution >= 4 is 17.8 Å². The number of amides is 2. The minimum atomic E-state index is -0.950. The Hall–Kier alpha value is -1.59. The fraction of sp³-hybridized carbons (Fsp3) is 0.750. The van der Waals surface area contributed by atoms with Crippen LogP contribution in [0.4, 0.5) is 0 Å². The molecule has 1 heterocycles. The maximum absolute atomic E-state index is 12.0. The zero-order chi connectivity index (χ0) is 13.7. The summed E-state index contributed by atoms with van der Waals surface area (Å²) >= 11 is 0. The lowest BCUT2D eigenvalue weighted by atomic mass is 10.0. The molecule has 0 bridgehead atoms. The van der Waals surface area contributed by atoms with Crippen LogP contribution >= 0.6 is 0 Å². The van der Waals surface area contributed by atoms with Crippen molar-refractivity contribution in [3.05, 3.63) is 0 Å². The van der Waals surface area contributed by atoms with E-state index >= 15 is 0 Å². The van der Waals surface area contributed by atoms with E-state index in [1.807, 2.05) is 13.8 Å². The molecule has 1 atom stereocenters. The second-order valence-electron chi connectivity index (χ2n) is 4.81. The van der Waals surface area contributed by atoms with Crippen LogP contribution in [0.15, 0.2) is 0 Å². The molecule has 1 rings (SSSR count). The number of rotatable bonds is 6. The number of carbonyl (C=O) groups is 3. The van der Waals surface area contributed by atoms with E-state index < -0.39 is 12.0 Å². The van der Waals surface area contributed by atoms with E-state index in [0.29, 0.717) is 13.0 Å². The van der Waals surface area contributed by atoms with Gasteiger partial charge in [-0.1, -0.05) is 13.8 Å². The number of hydrogen-bond donors (Lipinski definition) is 2. The van der Waals surface area contributed by atoms with Gasteiger partial charge < -0.3 is 15.3 Å². The molecule has 0 aromatic carbocycles. The van der Waals surface area contributed by atoms with Crippen LogP contribution in [0.2, 0.25) is 0 Å². The molecule has 0 saturated carbocycles. The highest BCUT2D eigenvalue weighted by atomic mass is 16.4. The molecule has 0 radical (unpaired) electrons. The van der Waals surface area contributed by atoms with Gasteiger partial charge >= 0.3 is 5.97 Å². The Morgan fingerprint density at radius 2 is 2.11 bits per heavy atom. The van der Waals surface area contributed by atoms with Gasteiger partial charge in [-0.05, 0) is 12.3 Å². The Morgan fingerprint density at radius 1 is 1.44 bits per heavy atom. The number of likely N-dealkylation sites (tertiary alicyclic amines) is 1. The summed E-state index contributed by atoms with van der Waals surface area (Å²) in [5.41, 5.74) is 0. The van der Waals surface area contributed by atoms with Gasteiger partial charge in [0.25, 0.3) is 0 Å². The van der Waals surface area contributed by atoms with Crippen molar-refractivity contribution in [1.29, 1.82) is 0 Å². The van der Waals surface area contributed by atoms with Crippen LogP contribution in [0.1, 0.15) is 33.1 Å². The average molecular weight is 256 g/mol. The second kappa shape index (κ2) is 6.37. The van der Waals surface area contributed by atoms with Crippen molar-refractivity contribution in [2.24, 2.45) is 5.92 Å². The highest BCUT2D eigenvalue weighted by Crippen LogP contribution is 2.19. The molecular formula is C12H20N2O4. The van der Waals surface area contributed by atoms with E-state index in [9.17, 15) is 14.4 Å². The van der Waals surface area contributed by atoms with Gasteiger partial charge in [0.1, 0.15) is 6.04 Å². The average Bonchev–Trinajstić information content (AvgIpc) is 2.64. The summed E-state index contributed by atoms with van der Waals surface area (Å²) in [5.74, 6) is -1.20. The molecule has 6 heteroatoms. The van der Waals surface area contributed by atoms with Crippen molar-refractivity contribution in [1.82, 2.24) is 10.2 Å². The summed E-state index contributed by atoms with van der Waals surface area (Å²) < 4.78 is 0. The standard InChI is InChI=1S/C12H20N2O4/c1-8(2)11(14-7-3-4-9(14)15)12(18)13-6-5-10(16)17/h8,11H,3-7H2,1-2H3,(H,13,18)(H,16,17)/t11-/m0/s1. The minimum Gasteiger partial charge on any atom is -0.481 e. The van der Waals surface area contributed by atoms with E-state index in [2.05, 4.69) is 5.32 Å². The van der Waals surface area contributed by atoms with Crippen molar-refractivity contribution in [2.75, 3.05) is 13.1 Å². The van der Waals surface area contributed by atoms with Crippen LogP contribution in [-0.4, -0.2) is 46.9 Å². The summed E-state index contributed by atoms with van der Waals surface area (Å²) in [6.07, 6.45) is 1.17. The molecule has 1 saturated heterocycles. The molecule has 0 spiro atoms. The van der Waals surface area contributed by atoms with Gasteiger partial charge in [-0.2, -0.15) is 0 Å². The number of nitrogens with one attached hydrogen (secondary N) is 1. The van der Waals surface area contributed by atoms with Gasteiger partial charge in [0.2, 0.25) is 11.8 Å². The van der Waals surface area contributed by atoms with E-state index in [1.54, 1.807) is 4.90 Å². The summed E-state index contributed by atoms with van der Waals surface area (Å²) in [7, 11) is 0. The first-order valence-electron chi connectivity index (χ1n) is 6.22. The highest BCUT2D eigenvalue weighted by Gasteiger charge is 2.34. The van der Waals surface area contributed by atoms with Gasteiger partial charge in [0, 0.05) is 19.5 Å². The molecule has 6 nitrogen and oxygen atoms in total. The van der Waals surface area contributed by atoms with E-state index in [4.69, 9.17) is 5.11 Å². The molecule has 0 unspecified atom stereocenters. The summed E-state index contributed by atoms with van der Waals surface area (Å²) in [5, 5.41) is 11.1. The lowest BCUT2D eigenvalue weighted by molar-refractivity contribution is -0.140. The first-order chi connectivity index (χ1) is 8.43. The second-order valence-corrected chi connectivity index (χ2v) is 4.81. The number of aliphatic carboxylic acids is 1. The van der Waals surface area contributed by atoms with Crippen LogP contribution in [0.25, 0.3) is 0 Å². The predicted molar refractivity (Wildman–Crippen MR) is 64.8 cm³/mol. The predicted octanol–water partition coefficient (Wildman–Crippen LogP) is 0.224. The van der Waals surface area contributed by atoms with E-state index in [-0.39, 0.29) is 30.7 Å². The molecule has 0 aromatic heterocycles. The molecule has 1 fully saturated rings. The zero-order valence-electron chi connectivity index (χ0n) is 10.8. The molecule has 0 aliphatic carbocycles. The van der Waals surface area contributed by atoms with Crippen molar-refractivity contribution in [2.45, 2.75) is 39.2 Å². The smallest absolute Gasteiger partial charge is 0.305 e. The lowest BCUT2D eigenvalue weighted by Gasteiger charge is -2.29. The zero-order valence-corrected chi connectivity index (χ0v) is 10.8. The molecule has 2 N–H and O–H groups in total. The van der Waals surface area contributed by atoms with Crippen LogP contribution in [0.5, 0.6) is 0 Å². The summed E-state index contributed by atoms with van der Waals surface area (Å²) in [6, 6.07) is -0.492. The molecule has 102 valence electrons. The monoisotopic (exact) mass is 256 g/mol. The van der Waals surface area contributed by atoms with Crippen molar-refractivity contribution in [3.8, 4) is 0 Å². The SMILES string of the molecule is CC(C)[C@@H](C(=O)NCCC(=O)O)N1CCCC1=O. The van der Waals surface area contributed by atoms with E-state index in [1.165, 1.54) is 0 Å². The number of nitrogens with zero attached hydrogens (tertiary/aromatic N) is 1. The Kier molecular flexibility index (Phi) is 5.12. The topological polar surface area (TPSA) is 86.7 Å². The quantitative estimate of drug-likeness (QED) is 0.712. The molecule has 1 aliphatic rings. The van der Waals surface area contributed by atoms with Gasteiger partial charge in [-0.25, -0.2) is 0 Å². The molecule has 18 heavy (non-hydrogen) atoms. The van der Waals surface area contributed by atoms with Gasteiger partial charge in [-0.15, -0.1) is 0 Å². The third-order valence-corrected chi connectivity index (χ3v) is 2.98. The summed E-state index contributed by atoms with van der Waals surface area (Å²) in [6.45, 7) is 4.47. The number of hydrogen-bond acceptors (Lipinski definition) is 3. The third kappa shape index (κ3) is 3.72. The van der Waals surface area contributed by atoms with Crippen molar-refractivity contribution in [3.63, 3.8) is 0 Å². The van der Waals surface area contributed by atoms with Crippen LogP contribution in [0.3, 0.4) is 0 Å². The Balaban J connectivity index is 2.58. The molecule has 1 aliphatic heterocycles. The van der Waals surface area contributed by atoms with Crippen LogP contribution in [-0.2, 0) is 14.4 Å². The van der Waals surface area contributed by atoms with E-state index in [0.717, 1.165) is 6.42 Å². The number of carboxylic acids is 1. The van der Waals surface area contributed by atoms with Crippen LogP contribution in [0, 0.1) is 5.92 Å². The Morgan fingerprint density at radius 3 is 2.56 bits per heavy atom. The molecule has 0 aromatic rings. The maximum Gasteiger partial charge on any atom is 0.305 e. The normalized spacial score (nSPS) is 17.1.